The number of nitrogens with zero attached hydrogens (tertiary/aromatic N) is 1. The molecule has 1 aromatic rings. The van der Waals surface area contributed by atoms with E-state index >= 15 is 0 Å². The highest BCUT2D eigenvalue weighted by Crippen LogP contribution is 2.29. The second-order valence-corrected chi connectivity index (χ2v) is 6.82. The minimum atomic E-state index is -0.468. The predicted octanol–water partition coefficient (Wildman–Crippen LogP) is 2.08. The quantitative estimate of drug-likeness (QED) is 0.888. The molecule has 2 amide bonds. The lowest BCUT2D eigenvalue weighted by molar-refractivity contribution is -0.130. The molecule has 2 aliphatic rings. The van der Waals surface area contributed by atoms with Gasteiger partial charge in [-0.3, -0.25) is 9.59 Å². The number of hydrogen-bond donors (Lipinski definition) is 2. The number of nitrogens with one attached hydrogen (secondary N) is 1. The molecule has 3 atom stereocenters. The van der Waals surface area contributed by atoms with E-state index in [1.807, 2.05) is 18.2 Å². The third kappa shape index (κ3) is 3.51. The highest BCUT2D eigenvalue weighted by molar-refractivity contribution is 6.33. The molecule has 1 aliphatic heterocycles. The maximum absolute atomic E-state index is 12.7. The fraction of sp³-hybridized carbons (Fsp3) is 0.529. The normalized spacial score (nSPS) is 28.0. The summed E-state index contributed by atoms with van der Waals surface area (Å²) in [6.07, 6.45) is 3.90. The number of carbonyl (C=O) groups is 2. The Bertz CT molecular complexity index is 607. The molecule has 1 aromatic carbocycles. The van der Waals surface area contributed by atoms with Crippen LogP contribution in [0.2, 0.25) is 5.02 Å². The summed E-state index contributed by atoms with van der Waals surface area (Å²) in [6, 6.07) is 6.93. The summed E-state index contributed by atoms with van der Waals surface area (Å²) in [5.74, 6) is -0.189. The van der Waals surface area contributed by atoms with Crippen molar-refractivity contribution in [2.45, 2.75) is 44.2 Å². The van der Waals surface area contributed by atoms with Gasteiger partial charge in [0.2, 0.25) is 11.8 Å². The molecule has 124 valence electrons. The number of piperidine rings is 1. The van der Waals surface area contributed by atoms with Gasteiger partial charge in [0.05, 0.1) is 10.7 Å². The summed E-state index contributed by atoms with van der Waals surface area (Å²) >= 11 is 6.20. The summed E-state index contributed by atoms with van der Waals surface area (Å²) < 4.78 is 0. The Hall–Kier alpha value is -1.59. The van der Waals surface area contributed by atoms with Crippen LogP contribution in [0.25, 0.3) is 0 Å². The molecule has 1 saturated heterocycles. The molecule has 0 spiro atoms. The molecule has 3 rings (SSSR count). The van der Waals surface area contributed by atoms with Crippen LogP contribution in [0.5, 0.6) is 0 Å². The Kier molecular flexibility index (Phi) is 4.87. The smallest absolute Gasteiger partial charge is 0.249 e. The first-order valence-electron chi connectivity index (χ1n) is 8.18. The Morgan fingerprint density at radius 3 is 2.74 bits per heavy atom. The van der Waals surface area contributed by atoms with Crippen LogP contribution in [-0.4, -0.2) is 30.4 Å². The van der Waals surface area contributed by atoms with Crippen molar-refractivity contribution in [3.8, 4) is 0 Å². The maximum atomic E-state index is 12.7. The van der Waals surface area contributed by atoms with Gasteiger partial charge in [-0.15, -0.1) is 0 Å². The Labute approximate surface area is 141 Å². The molecule has 0 radical (unpaired) electrons. The van der Waals surface area contributed by atoms with E-state index in [1.165, 1.54) is 0 Å². The van der Waals surface area contributed by atoms with Crippen molar-refractivity contribution >= 4 is 29.1 Å². The van der Waals surface area contributed by atoms with Crippen molar-refractivity contribution in [3.63, 3.8) is 0 Å². The van der Waals surface area contributed by atoms with Crippen LogP contribution in [0.1, 0.15) is 32.1 Å². The average molecular weight is 336 g/mol. The van der Waals surface area contributed by atoms with Crippen LogP contribution in [0, 0.1) is 5.92 Å². The largest absolute Gasteiger partial charge is 0.344 e. The van der Waals surface area contributed by atoms with Gasteiger partial charge in [0, 0.05) is 18.5 Å². The van der Waals surface area contributed by atoms with Gasteiger partial charge in [0.15, 0.2) is 0 Å². The topological polar surface area (TPSA) is 75.4 Å². The summed E-state index contributed by atoms with van der Waals surface area (Å²) in [4.78, 5) is 26.7. The van der Waals surface area contributed by atoms with Crippen molar-refractivity contribution < 1.29 is 9.59 Å². The van der Waals surface area contributed by atoms with Crippen molar-refractivity contribution in [3.05, 3.63) is 29.3 Å². The fourth-order valence-electron chi connectivity index (χ4n) is 3.46. The van der Waals surface area contributed by atoms with Crippen molar-refractivity contribution in [2.24, 2.45) is 11.7 Å². The van der Waals surface area contributed by atoms with Crippen LogP contribution in [0.15, 0.2) is 24.3 Å². The second kappa shape index (κ2) is 6.89. The third-order valence-corrected chi connectivity index (χ3v) is 5.06. The molecule has 0 aromatic heterocycles. The zero-order valence-corrected chi connectivity index (χ0v) is 13.8. The van der Waals surface area contributed by atoms with E-state index in [0.29, 0.717) is 30.1 Å². The van der Waals surface area contributed by atoms with Gasteiger partial charge in [-0.05, 0) is 44.2 Å². The minimum absolute atomic E-state index is 0.0442. The van der Waals surface area contributed by atoms with Gasteiger partial charge in [-0.2, -0.15) is 0 Å². The number of rotatable bonds is 3. The van der Waals surface area contributed by atoms with Gasteiger partial charge >= 0.3 is 0 Å². The second-order valence-electron chi connectivity index (χ2n) is 6.41. The lowest BCUT2D eigenvalue weighted by Gasteiger charge is -2.33. The van der Waals surface area contributed by atoms with Gasteiger partial charge in [0.1, 0.15) is 6.04 Å². The van der Waals surface area contributed by atoms with E-state index in [2.05, 4.69) is 5.32 Å². The first kappa shape index (κ1) is 16.3. The molecule has 1 aliphatic carbocycles. The molecule has 0 unspecified atom stereocenters. The van der Waals surface area contributed by atoms with Crippen LogP contribution in [-0.2, 0) is 9.59 Å². The van der Waals surface area contributed by atoms with Crippen molar-refractivity contribution in [1.29, 1.82) is 0 Å². The molecular formula is C17H22ClN3O2. The summed E-state index contributed by atoms with van der Waals surface area (Å²) in [6.45, 7) is 0.628. The van der Waals surface area contributed by atoms with E-state index in [0.717, 1.165) is 19.3 Å². The monoisotopic (exact) mass is 335 g/mol. The van der Waals surface area contributed by atoms with E-state index in [4.69, 9.17) is 17.3 Å². The van der Waals surface area contributed by atoms with Crippen molar-refractivity contribution in [1.82, 2.24) is 5.32 Å². The summed E-state index contributed by atoms with van der Waals surface area (Å²) in [5, 5.41) is 3.47. The fourth-order valence-corrected chi connectivity index (χ4v) is 3.70. The molecule has 2 fully saturated rings. The average Bonchev–Trinajstić information content (AvgIpc) is 2.97. The summed E-state index contributed by atoms with van der Waals surface area (Å²) in [5.41, 5.74) is 6.58. The molecule has 5 nitrogen and oxygen atoms in total. The molecular weight excluding hydrogens is 314 g/mol. The highest BCUT2D eigenvalue weighted by atomic mass is 35.5. The maximum Gasteiger partial charge on any atom is 0.249 e. The molecule has 1 saturated carbocycles. The standard InChI is InChI=1S/C17H22ClN3O2/c18-13-4-1-2-6-15(13)21-9-3-5-14(17(21)23)20-16(22)11-7-8-12(19)10-11/h1-2,4,6,11-12,14H,3,5,7-10,19H2,(H,20,22)/t11-,12+,14-/m0/s1. The van der Waals surface area contributed by atoms with Gasteiger partial charge in [-0.25, -0.2) is 0 Å². The predicted molar refractivity (Wildman–Crippen MR) is 90.3 cm³/mol. The Morgan fingerprint density at radius 1 is 1.26 bits per heavy atom. The van der Waals surface area contributed by atoms with E-state index in [9.17, 15) is 9.59 Å². The first-order valence-corrected chi connectivity index (χ1v) is 8.56. The van der Waals surface area contributed by atoms with Crippen LogP contribution < -0.4 is 16.0 Å². The third-order valence-electron chi connectivity index (χ3n) is 4.74. The Balaban J connectivity index is 1.68. The van der Waals surface area contributed by atoms with Gasteiger partial charge in [0.25, 0.3) is 0 Å². The van der Waals surface area contributed by atoms with Crippen LogP contribution in [0.4, 0.5) is 5.69 Å². The molecule has 6 heteroatoms. The number of halogens is 1. The number of para-hydroxylation sites is 1. The first-order chi connectivity index (χ1) is 11.1. The lowest BCUT2D eigenvalue weighted by atomic mass is 10.0. The van der Waals surface area contributed by atoms with Crippen LogP contribution in [0.3, 0.4) is 0 Å². The zero-order chi connectivity index (χ0) is 16.4. The molecule has 0 bridgehead atoms. The number of amides is 2. The Morgan fingerprint density at radius 2 is 2.04 bits per heavy atom. The molecule has 23 heavy (non-hydrogen) atoms. The number of anilines is 1. The number of hydrogen-bond acceptors (Lipinski definition) is 3. The van der Waals surface area contributed by atoms with Crippen LogP contribution >= 0.6 is 11.6 Å². The number of carbonyl (C=O) groups excluding carboxylic acids is 2. The minimum Gasteiger partial charge on any atom is -0.344 e. The summed E-state index contributed by atoms with van der Waals surface area (Å²) in [7, 11) is 0. The van der Waals surface area contributed by atoms with Gasteiger partial charge in [-0.1, -0.05) is 23.7 Å². The van der Waals surface area contributed by atoms with E-state index in [-0.39, 0.29) is 23.8 Å². The van der Waals surface area contributed by atoms with E-state index < -0.39 is 6.04 Å². The number of benzene rings is 1. The SMILES string of the molecule is N[C@@H]1CC[C@H](C(=O)N[C@H]2CCCN(c3ccccc3Cl)C2=O)C1. The number of nitrogens with two attached hydrogens (primary N) is 1. The van der Waals surface area contributed by atoms with E-state index in [1.54, 1.807) is 11.0 Å². The highest BCUT2D eigenvalue weighted by Gasteiger charge is 2.34. The lowest BCUT2D eigenvalue weighted by Crippen LogP contribution is -2.53. The van der Waals surface area contributed by atoms with Crippen molar-refractivity contribution in [2.75, 3.05) is 11.4 Å². The zero-order valence-electron chi connectivity index (χ0n) is 13.0. The molecule has 1 heterocycles. The van der Waals surface area contributed by atoms with Gasteiger partial charge < -0.3 is 16.0 Å². The molecule has 3 N–H and O–H groups in total.